The number of nitrogens with two attached hydrogens (primary N) is 1. The zero-order valence-corrected chi connectivity index (χ0v) is 14.9. The van der Waals surface area contributed by atoms with Crippen LogP contribution in [0.4, 0.5) is 5.69 Å². The minimum absolute atomic E-state index is 0.0896. The maximum absolute atomic E-state index is 11.4. The van der Waals surface area contributed by atoms with E-state index in [0.29, 0.717) is 11.6 Å². The number of nitro benzene ring substituents is 1. The number of hydrogen-bond acceptors (Lipinski definition) is 6. The smallest absolute Gasteiger partial charge is 0.293 e. The van der Waals surface area contributed by atoms with Gasteiger partial charge in [0, 0.05) is 12.4 Å². The Labute approximate surface area is 154 Å². The van der Waals surface area contributed by atoms with Crippen LogP contribution in [0.2, 0.25) is 0 Å². The molecule has 1 fully saturated rings. The Kier molecular flexibility index (Phi) is 4.08. The van der Waals surface area contributed by atoms with Crippen molar-refractivity contribution in [3.8, 4) is 5.75 Å². The van der Waals surface area contributed by atoms with Crippen LogP contribution in [0.1, 0.15) is 30.0 Å². The molecule has 4 rings (SSSR count). The Morgan fingerprint density at radius 2 is 2.04 bits per heavy atom. The van der Waals surface area contributed by atoms with Gasteiger partial charge in [0.05, 0.1) is 16.7 Å². The number of hydrogen-bond donors (Lipinski definition) is 1. The molecule has 0 aliphatic heterocycles. The van der Waals surface area contributed by atoms with E-state index in [1.54, 1.807) is 0 Å². The Hall–Kier alpha value is -2.98. The van der Waals surface area contributed by atoms with Crippen molar-refractivity contribution in [1.29, 1.82) is 0 Å². The lowest BCUT2D eigenvalue weighted by molar-refractivity contribution is -0.387. The van der Waals surface area contributed by atoms with Crippen molar-refractivity contribution in [2.45, 2.75) is 30.3 Å². The minimum atomic E-state index is -4.20. The average molecular weight is 388 g/mol. The van der Waals surface area contributed by atoms with Crippen LogP contribution in [0.3, 0.4) is 0 Å². The maximum atomic E-state index is 11.4. The lowest BCUT2D eigenvalue weighted by atomic mass is 10.2. The van der Waals surface area contributed by atoms with E-state index in [1.165, 1.54) is 24.5 Å². The van der Waals surface area contributed by atoms with Gasteiger partial charge in [-0.15, -0.1) is 0 Å². The quantitative estimate of drug-likeness (QED) is 0.509. The number of rotatable bonds is 6. The van der Waals surface area contributed by atoms with Gasteiger partial charge in [0.2, 0.25) is 10.0 Å². The number of nitrogens with zero attached hydrogens (tertiary/aromatic N) is 3. The number of primary sulfonamides is 1. The van der Waals surface area contributed by atoms with Crippen molar-refractivity contribution < 1.29 is 18.1 Å². The number of pyridine rings is 1. The predicted octanol–water partition coefficient (Wildman–Crippen LogP) is 2.35. The molecular formula is C17H16N4O5S. The molecular weight excluding hydrogens is 372 g/mol. The number of aromatic nitrogens is 2. The van der Waals surface area contributed by atoms with Crippen LogP contribution in [0.25, 0.3) is 5.65 Å². The lowest BCUT2D eigenvalue weighted by Crippen LogP contribution is -2.14. The second kappa shape index (κ2) is 6.32. The Bertz CT molecular complexity index is 1150. The number of ether oxygens (including phenoxy) is 1. The fourth-order valence-corrected chi connectivity index (χ4v) is 3.60. The summed E-state index contributed by atoms with van der Waals surface area (Å²) in [6.45, 7) is 0.0896. The molecule has 0 atom stereocenters. The van der Waals surface area contributed by atoms with Crippen LogP contribution < -0.4 is 9.88 Å². The van der Waals surface area contributed by atoms with E-state index in [4.69, 9.17) is 9.88 Å². The van der Waals surface area contributed by atoms with Crippen LogP contribution >= 0.6 is 0 Å². The van der Waals surface area contributed by atoms with Crippen molar-refractivity contribution in [1.82, 2.24) is 9.38 Å². The molecule has 2 aromatic heterocycles. The second-order valence-electron chi connectivity index (χ2n) is 6.45. The van der Waals surface area contributed by atoms with Gasteiger partial charge in [-0.25, -0.2) is 18.5 Å². The van der Waals surface area contributed by atoms with Gasteiger partial charge in [0.25, 0.3) is 5.69 Å². The molecule has 0 spiro atoms. The van der Waals surface area contributed by atoms with Crippen molar-refractivity contribution in [3.63, 3.8) is 0 Å². The summed E-state index contributed by atoms with van der Waals surface area (Å²) >= 11 is 0. The number of fused-ring (bicyclic) bond motifs is 1. The first-order chi connectivity index (χ1) is 12.8. The number of benzene rings is 1. The van der Waals surface area contributed by atoms with E-state index >= 15 is 0 Å². The van der Waals surface area contributed by atoms with Gasteiger partial charge < -0.3 is 9.14 Å². The summed E-state index contributed by atoms with van der Waals surface area (Å²) < 4.78 is 30.4. The van der Waals surface area contributed by atoms with Crippen LogP contribution in [-0.2, 0) is 16.6 Å². The second-order valence-corrected chi connectivity index (χ2v) is 7.98. The van der Waals surface area contributed by atoms with Crippen molar-refractivity contribution in [2.24, 2.45) is 5.14 Å². The Morgan fingerprint density at radius 1 is 1.26 bits per heavy atom. The highest BCUT2D eigenvalue weighted by Crippen LogP contribution is 2.39. The van der Waals surface area contributed by atoms with Crippen LogP contribution in [-0.4, -0.2) is 22.7 Å². The van der Waals surface area contributed by atoms with Gasteiger partial charge in [0.1, 0.15) is 18.0 Å². The lowest BCUT2D eigenvalue weighted by Gasteiger charge is -2.06. The van der Waals surface area contributed by atoms with Crippen molar-refractivity contribution in [2.75, 3.05) is 0 Å². The first-order valence-corrected chi connectivity index (χ1v) is 9.77. The topological polar surface area (TPSA) is 130 Å². The molecule has 0 radical (unpaired) electrons. The van der Waals surface area contributed by atoms with Gasteiger partial charge in [0.15, 0.2) is 4.90 Å². The average Bonchev–Trinajstić information content (AvgIpc) is 3.38. The molecule has 1 saturated carbocycles. The van der Waals surface area contributed by atoms with E-state index in [1.807, 2.05) is 16.7 Å². The number of sulfonamides is 1. The summed E-state index contributed by atoms with van der Waals surface area (Å²) in [6.07, 6.45) is 6.32. The number of imidazole rings is 1. The first-order valence-electron chi connectivity index (χ1n) is 8.23. The third-order valence-electron chi connectivity index (χ3n) is 4.39. The standard InChI is InChI=1S/C17H16N4O5S/c18-27(24,25)16-5-4-14(7-15(16)21(22)23)26-10-13-9-20-8-12(11-1-2-11)3-6-17(20)19-13/h3-9,11H,1-2,10H2,(H2,18,24,25). The zero-order valence-electron chi connectivity index (χ0n) is 14.1. The van der Waals surface area contributed by atoms with Crippen molar-refractivity contribution in [3.05, 3.63) is 64.1 Å². The highest BCUT2D eigenvalue weighted by molar-refractivity contribution is 7.89. The number of nitro groups is 1. The van der Waals surface area contributed by atoms with E-state index in [0.717, 1.165) is 17.8 Å². The highest BCUT2D eigenvalue weighted by Gasteiger charge is 2.24. The molecule has 1 aliphatic carbocycles. The summed E-state index contributed by atoms with van der Waals surface area (Å²) in [4.78, 5) is 14.2. The molecule has 1 aromatic carbocycles. The van der Waals surface area contributed by atoms with E-state index in [9.17, 15) is 18.5 Å². The first kappa shape index (κ1) is 17.4. The molecule has 27 heavy (non-hydrogen) atoms. The largest absolute Gasteiger partial charge is 0.487 e. The third-order valence-corrected chi connectivity index (χ3v) is 5.35. The molecule has 0 bridgehead atoms. The normalized spacial score (nSPS) is 14.4. The predicted molar refractivity (Wildman–Crippen MR) is 96.0 cm³/mol. The van der Waals surface area contributed by atoms with Crippen LogP contribution in [0.5, 0.6) is 5.75 Å². The molecule has 1 aliphatic rings. The van der Waals surface area contributed by atoms with E-state index < -0.39 is 25.5 Å². The fourth-order valence-electron chi connectivity index (χ4n) is 2.92. The van der Waals surface area contributed by atoms with Crippen LogP contribution in [0.15, 0.2) is 47.6 Å². The SMILES string of the molecule is NS(=O)(=O)c1ccc(OCc2cn3cc(C4CC4)ccc3n2)cc1[N+](=O)[O-]. The summed E-state index contributed by atoms with van der Waals surface area (Å²) in [7, 11) is -4.20. The van der Waals surface area contributed by atoms with Crippen LogP contribution in [0, 0.1) is 10.1 Å². The third kappa shape index (κ3) is 3.62. The van der Waals surface area contributed by atoms with E-state index in [2.05, 4.69) is 17.2 Å². The molecule has 10 heteroatoms. The summed E-state index contributed by atoms with van der Waals surface area (Å²) in [5.41, 5.74) is 2.09. The van der Waals surface area contributed by atoms with Gasteiger partial charge in [-0.2, -0.15) is 0 Å². The van der Waals surface area contributed by atoms with Gasteiger partial charge in [-0.3, -0.25) is 10.1 Å². The molecule has 2 N–H and O–H groups in total. The summed E-state index contributed by atoms with van der Waals surface area (Å²) in [6, 6.07) is 7.45. The molecule has 0 saturated heterocycles. The summed E-state index contributed by atoms with van der Waals surface area (Å²) in [5, 5.41) is 16.1. The van der Waals surface area contributed by atoms with Crippen molar-refractivity contribution >= 4 is 21.4 Å². The van der Waals surface area contributed by atoms with E-state index in [-0.39, 0.29) is 12.4 Å². The van der Waals surface area contributed by atoms with Gasteiger partial charge >= 0.3 is 0 Å². The minimum Gasteiger partial charge on any atom is -0.487 e. The fraction of sp³-hybridized carbons (Fsp3) is 0.235. The monoisotopic (exact) mass is 388 g/mol. The van der Waals surface area contributed by atoms with Gasteiger partial charge in [-0.05, 0) is 42.5 Å². The Morgan fingerprint density at radius 3 is 2.70 bits per heavy atom. The highest BCUT2D eigenvalue weighted by atomic mass is 32.2. The Balaban J connectivity index is 1.55. The molecule has 2 heterocycles. The molecule has 0 amide bonds. The maximum Gasteiger partial charge on any atom is 0.293 e. The molecule has 0 unspecified atom stereocenters. The summed E-state index contributed by atoms with van der Waals surface area (Å²) in [5.74, 6) is 0.791. The molecule has 9 nitrogen and oxygen atoms in total. The molecule has 3 aromatic rings. The molecule has 140 valence electrons. The van der Waals surface area contributed by atoms with Gasteiger partial charge in [-0.1, -0.05) is 6.07 Å². The zero-order chi connectivity index (χ0) is 19.2.